The average molecular weight is 364 g/mol. The highest BCUT2D eigenvalue weighted by Gasteiger charge is 2.22. The second-order valence-electron chi connectivity index (χ2n) is 5.77. The zero-order valence-electron chi connectivity index (χ0n) is 14.0. The van der Waals surface area contributed by atoms with E-state index in [4.69, 9.17) is 0 Å². The largest absolute Gasteiger partial charge is 0.319 e. The van der Waals surface area contributed by atoms with Crippen molar-refractivity contribution in [3.05, 3.63) is 96.5 Å². The highest BCUT2D eigenvalue weighted by atomic mass is 19.1. The Balaban J connectivity index is 1.81. The fraction of sp³-hybridized carbons (Fsp3) is 0. The van der Waals surface area contributed by atoms with Crippen LogP contribution in [0.4, 0.5) is 14.5 Å². The van der Waals surface area contributed by atoms with Crippen LogP contribution < -0.4 is 5.32 Å². The number of anilines is 1. The van der Waals surface area contributed by atoms with Crippen molar-refractivity contribution < 1.29 is 13.6 Å². The molecular formula is C20H14F2N4O. The van der Waals surface area contributed by atoms with Crippen molar-refractivity contribution in [3.8, 4) is 11.5 Å². The van der Waals surface area contributed by atoms with Crippen molar-refractivity contribution in [1.29, 1.82) is 0 Å². The summed E-state index contributed by atoms with van der Waals surface area (Å²) in [5.41, 5.74) is 0.434. The molecule has 134 valence electrons. The Bertz CT molecular complexity index is 1100. The monoisotopic (exact) mass is 364 g/mol. The molecule has 0 radical (unpaired) electrons. The Hall–Kier alpha value is -3.74. The van der Waals surface area contributed by atoms with E-state index < -0.39 is 17.5 Å². The molecule has 1 N–H and O–H groups in total. The second-order valence-corrected chi connectivity index (χ2v) is 5.77. The normalized spacial score (nSPS) is 10.7. The first-order valence-corrected chi connectivity index (χ1v) is 8.17. The maximum Gasteiger partial charge on any atom is 0.261 e. The molecule has 0 bridgehead atoms. The minimum atomic E-state index is -0.550. The summed E-state index contributed by atoms with van der Waals surface area (Å²) in [5, 5.41) is 6.72. The molecule has 0 aliphatic rings. The number of halogens is 2. The number of rotatable bonds is 4. The van der Waals surface area contributed by atoms with E-state index in [-0.39, 0.29) is 16.9 Å². The quantitative estimate of drug-likeness (QED) is 0.590. The summed E-state index contributed by atoms with van der Waals surface area (Å²) in [4.78, 5) is 12.8. The van der Waals surface area contributed by atoms with Crippen LogP contribution in [-0.4, -0.2) is 20.3 Å². The van der Waals surface area contributed by atoms with Gasteiger partial charge in [-0.2, -0.15) is 5.10 Å². The Morgan fingerprint density at radius 2 is 1.56 bits per heavy atom. The topological polar surface area (TPSA) is 51.9 Å². The van der Waals surface area contributed by atoms with Crippen LogP contribution in [0, 0.1) is 11.6 Å². The molecule has 4 rings (SSSR count). The number of hydrogen-bond acceptors (Lipinski definition) is 2. The molecule has 0 fully saturated rings. The summed E-state index contributed by atoms with van der Waals surface area (Å²) in [5.74, 6) is -1.23. The summed E-state index contributed by atoms with van der Waals surface area (Å²) >= 11 is 0. The first-order valence-electron chi connectivity index (χ1n) is 8.17. The van der Waals surface area contributed by atoms with Crippen molar-refractivity contribution in [1.82, 2.24) is 14.3 Å². The molecule has 0 saturated heterocycles. The predicted octanol–water partition coefficient (Wildman–Crippen LogP) is 4.19. The van der Waals surface area contributed by atoms with Crippen molar-refractivity contribution in [2.75, 3.05) is 5.32 Å². The zero-order chi connectivity index (χ0) is 18.8. The highest BCUT2D eigenvalue weighted by molar-refractivity contribution is 6.06. The number of amides is 1. The molecule has 0 aliphatic heterocycles. The SMILES string of the molecule is O=C(Nc1ccccc1F)c1cnn(-c2ccccc2F)c1-n1cccc1. The van der Waals surface area contributed by atoms with Gasteiger partial charge in [0.05, 0.1) is 11.9 Å². The molecule has 0 saturated carbocycles. The van der Waals surface area contributed by atoms with Gasteiger partial charge in [-0.15, -0.1) is 0 Å². The van der Waals surface area contributed by atoms with Crippen LogP contribution in [0.2, 0.25) is 0 Å². The summed E-state index contributed by atoms with van der Waals surface area (Å²) in [6.07, 6.45) is 4.76. The first-order chi connectivity index (χ1) is 13.1. The van der Waals surface area contributed by atoms with Crippen LogP contribution in [0.25, 0.3) is 11.5 Å². The third-order valence-electron chi connectivity index (χ3n) is 4.04. The van der Waals surface area contributed by atoms with Gasteiger partial charge in [0.15, 0.2) is 5.82 Å². The van der Waals surface area contributed by atoms with Crippen molar-refractivity contribution in [2.24, 2.45) is 0 Å². The van der Waals surface area contributed by atoms with Gasteiger partial charge in [0.2, 0.25) is 0 Å². The Labute approximate surface area is 153 Å². The van der Waals surface area contributed by atoms with Crippen LogP contribution in [-0.2, 0) is 0 Å². The average Bonchev–Trinajstić information content (AvgIpc) is 3.33. The van der Waals surface area contributed by atoms with Gasteiger partial charge in [-0.1, -0.05) is 24.3 Å². The van der Waals surface area contributed by atoms with Gasteiger partial charge in [-0.05, 0) is 36.4 Å². The number of nitrogens with one attached hydrogen (secondary N) is 1. The van der Waals surface area contributed by atoms with Crippen molar-refractivity contribution in [2.45, 2.75) is 0 Å². The molecule has 4 aromatic rings. The van der Waals surface area contributed by atoms with E-state index in [2.05, 4.69) is 10.4 Å². The lowest BCUT2D eigenvalue weighted by Crippen LogP contribution is -2.16. The number of nitrogens with zero attached hydrogens (tertiary/aromatic N) is 3. The molecule has 2 heterocycles. The van der Waals surface area contributed by atoms with E-state index in [0.717, 1.165) is 0 Å². The maximum atomic E-state index is 14.3. The number of hydrogen-bond donors (Lipinski definition) is 1. The number of para-hydroxylation sites is 2. The highest BCUT2D eigenvalue weighted by Crippen LogP contribution is 2.23. The lowest BCUT2D eigenvalue weighted by Gasteiger charge is -2.12. The lowest BCUT2D eigenvalue weighted by molar-refractivity contribution is 0.102. The van der Waals surface area contributed by atoms with Crippen LogP contribution in [0.1, 0.15) is 10.4 Å². The summed E-state index contributed by atoms with van der Waals surface area (Å²) < 4.78 is 31.1. The van der Waals surface area contributed by atoms with Gasteiger partial charge in [0, 0.05) is 12.4 Å². The van der Waals surface area contributed by atoms with E-state index in [1.165, 1.54) is 35.1 Å². The van der Waals surface area contributed by atoms with Crippen LogP contribution >= 0.6 is 0 Å². The number of benzene rings is 2. The third-order valence-corrected chi connectivity index (χ3v) is 4.04. The second kappa shape index (κ2) is 6.87. The molecule has 0 spiro atoms. The van der Waals surface area contributed by atoms with Crippen molar-refractivity contribution in [3.63, 3.8) is 0 Å². The first kappa shape index (κ1) is 16.7. The molecule has 1 amide bonds. The third kappa shape index (κ3) is 3.10. The standard InChI is InChI=1S/C20H14F2N4O/c21-15-7-1-3-9-17(15)24-19(27)14-13-23-26(18-10-4-2-8-16(18)22)20(14)25-11-5-6-12-25/h1-13H,(H,24,27). The van der Waals surface area contributed by atoms with Gasteiger partial charge in [0.1, 0.15) is 22.9 Å². The molecule has 0 aliphatic carbocycles. The van der Waals surface area contributed by atoms with Crippen molar-refractivity contribution >= 4 is 11.6 Å². The Kier molecular flexibility index (Phi) is 4.25. The summed E-state index contributed by atoms with van der Waals surface area (Å²) in [7, 11) is 0. The minimum absolute atomic E-state index is 0.0552. The van der Waals surface area contributed by atoms with E-state index in [1.807, 2.05) is 0 Å². The molecule has 0 atom stereocenters. The Morgan fingerprint density at radius 1 is 0.889 bits per heavy atom. The molecular weight excluding hydrogens is 350 g/mol. The zero-order valence-corrected chi connectivity index (χ0v) is 14.0. The molecule has 5 nitrogen and oxygen atoms in total. The van der Waals surface area contributed by atoms with Crippen LogP contribution in [0.5, 0.6) is 0 Å². The summed E-state index contributed by atoms with van der Waals surface area (Å²) in [6, 6.07) is 15.6. The van der Waals surface area contributed by atoms with Gasteiger partial charge in [0.25, 0.3) is 5.91 Å². The molecule has 27 heavy (non-hydrogen) atoms. The van der Waals surface area contributed by atoms with Gasteiger partial charge in [-0.25, -0.2) is 13.5 Å². The molecule has 2 aromatic carbocycles. The number of carbonyl (C=O) groups excluding carboxylic acids is 1. The minimum Gasteiger partial charge on any atom is -0.319 e. The molecule has 7 heteroatoms. The van der Waals surface area contributed by atoms with Gasteiger partial charge >= 0.3 is 0 Å². The van der Waals surface area contributed by atoms with Gasteiger partial charge < -0.3 is 9.88 Å². The van der Waals surface area contributed by atoms with E-state index in [1.54, 1.807) is 53.4 Å². The van der Waals surface area contributed by atoms with E-state index >= 15 is 0 Å². The fourth-order valence-corrected chi connectivity index (χ4v) is 2.78. The fourth-order valence-electron chi connectivity index (χ4n) is 2.78. The Morgan fingerprint density at radius 3 is 2.26 bits per heavy atom. The smallest absolute Gasteiger partial charge is 0.261 e. The summed E-state index contributed by atoms with van der Waals surface area (Å²) in [6.45, 7) is 0. The number of aromatic nitrogens is 3. The predicted molar refractivity (Wildman–Crippen MR) is 97.2 cm³/mol. The molecule has 0 unspecified atom stereocenters. The van der Waals surface area contributed by atoms with E-state index in [9.17, 15) is 13.6 Å². The van der Waals surface area contributed by atoms with Crippen LogP contribution in [0.15, 0.2) is 79.3 Å². The lowest BCUT2D eigenvalue weighted by atomic mass is 10.2. The van der Waals surface area contributed by atoms with Crippen LogP contribution in [0.3, 0.4) is 0 Å². The molecule has 2 aromatic heterocycles. The van der Waals surface area contributed by atoms with Gasteiger partial charge in [-0.3, -0.25) is 4.79 Å². The maximum absolute atomic E-state index is 14.3. The number of carbonyl (C=O) groups is 1. The van der Waals surface area contributed by atoms with E-state index in [0.29, 0.717) is 5.82 Å².